The Kier molecular flexibility index (Phi) is 8.67. The molecular weight excluding hydrogens is 212 g/mol. The number of nitrogens with one attached hydrogen (secondary N) is 1. The Morgan fingerprint density at radius 2 is 1.82 bits per heavy atom. The summed E-state index contributed by atoms with van der Waals surface area (Å²) in [6, 6.07) is 0. The van der Waals surface area contributed by atoms with Gasteiger partial charge in [0.15, 0.2) is 0 Å². The molecule has 0 aromatic carbocycles. The number of hydrogen-bond acceptors (Lipinski definition) is 3. The van der Waals surface area contributed by atoms with Crippen molar-refractivity contribution < 1.29 is 5.11 Å². The molecule has 0 bridgehead atoms. The largest absolute Gasteiger partial charge is 0.396 e. The molecule has 0 aromatic heterocycles. The van der Waals surface area contributed by atoms with E-state index in [4.69, 9.17) is 5.11 Å². The molecular formula is C14H30N2O. The number of aliphatic hydroxyl groups is 1. The summed E-state index contributed by atoms with van der Waals surface area (Å²) in [7, 11) is 0. The van der Waals surface area contributed by atoms with E-state index in [1.54, 1.807) is 0 Å². The highest BCUT2D eigenvalue weighted by Gasteiger charge is 2.17. The number of likely N-dealkylation sites (tertiary alicyclic amines) is 1. The summed E-state index contributed by atoms with van der Waals surface area (Å²) < 4.78 is 0. The third-order valence-electron chi connectivity index (χ3n) is 3.85. The molecule has 1 saturated heterocycles. The molecule has 0 aliphatic carbocycles. The second-order valence-corrected chi connectivity index (χ2v) is 5.22. The van der Waals surface area contributed by atoms with Crippen LogP contribution in [0.1, 0.15) is 45.4 Å². The first-order valence-electron chi connectivity index (χ1n) is 7.40. The smallest absolute Gasteiger partial charge is 0.0431 e. The quantitative estimate of drug-likeness (QED) is 0.606. The lowest BCUT2D eigenvalue weighted by Crippen LogP contribution is -2.37. The number of nitrogens with zero attached hydrogens (tertiary/aromatic N) is 1. The van der Waals surface area contributed by atoms with Gasteiger partial charge in [0.25, 0.3) is 0 Å². The Hall–Kier alpha value is -0.120. The second-order valence-electron chi connectivity index (χ2n) is 5.22. The fourth-order valence-corrected chi connectivity index (χ4v) is 2.53. The van der Waals surface area contributed by atoms with Crippen LogP contribution in [0.5, 0.6) is 0 Å². The highest BCUT2D eigenvalue weighted by molar-refractivity contribution is 4.72. The summed E-state index contributed by atoms with van der Waals surface area (Å²) in [5.74, 6) is 0.898. The van der Waals surface area contributed by atoms with Crippen molar-refractivity contribution in [2.45, 2.75) is 45.4 Å². The predicted molar refractivity (Wildman–Crippen MR) is 73.3 cm³/mol. The number of rotatable bonds is 9. The van der Waals surface area contributed by atoms with Crippen LogP contribution >= 0.6 is 0 Å². The number of piperidine rings is 1. The van der Waals surface area contributed by atoms with Crippen LogP contribution in [0.25, 0.3) is 0 Å². The van der Waals surface area contributed by atoms with Gasteiger partial charge in [0.1, 0.15) is 0 Å². The first kappa shape index (κ1) is 14.9. The van der Waals surface area contributed by atoms with Crippen LogP contribution in [0.4, 0.5) is 0 Å². The van der Waals surface area contributed by atoms with Crippen LogP contribution in [0.15, 0.2) is 0 Å². The lowest BCUT2D eigenvalue weighted by atomic mass is 9.97. The minimum Gasteiger partial charge on any atom is -0.396 e. The molecule has 1 fully saturated rings. The average molecular weight is 242 g/mol. The van der Waals surface area contributed by atoms with E-state index in [-0.39, 0.29) is 0 Å². The molecule has 3 nitrogen and oxygen atoms in total. The summed E-state index contributed by atoms with van der Waals surface area (Å²) in [5.41, 5.74) is 0. The van der Waals surface area contributed by atoms with Gasteiger partial charge >= 0.3 is 0 Å². The van der Waals surface area contributed by atoms with E-state index in [2.05, 4.69) is 17.1 Å². The van der Waals surface area contributed by atoms with Crippen LogP contribution in [-0.4, -0.2) is 49.3 Å². The molecule has 0 unspecified atom stereocenters. The zero-order valence-corrected chi connectivity index (χ0v) is 11.5. The van der Waals surface area contributed by atoms with Crippen molar-refractivity contribution in [1.82, 2.24) is 10.2 Å². The van der Waals surface area contributed by atoms with Gasteiger partial charge in [-0.1, -0.05) is 19.8 Å². The molecule has 0 radical (unpaired) electrons. The molecule has 1 rings (SSSR count). The molecule has 0 aromatic rings. The highest BCUT2D eigenvalue weighted by atomic mass is 16.2. The van der Waals surface area contributed by atoms with Gasteiger partial charge in [0, 0.05) is 6.61 Å². The van der Waals surface area contributed by atoms with Crippen LogP contribution in [0, 0.1) is 5.92 Å². The maximum Gasteiger partial charge on any atom is 0.0431 e. The van der Waals surface area contributed by atoms with Gasteiger partial charge in [-0.2, -0.15) is 0 Å². The molecule has 1 heterocycles. The Bertz CT molecular complexity index is 168. The monoisotopic (exact) mass is 242 g/mol. The van der Waals surface area contributed by atoms with E-state index in [0.29, 0.717) is 6.61 Å². The van der Waals surface area contributed by atoms with Crippen molar-refractivity contribution in [2.75, 3.05) is 39.3 Å². The van der Waals surface area contributed by atoms with E-state index < -0.39 is 0 Å². The van der Waals surface area contributed by atoms with Gasteiger partial charge in [-0.15, -0.1) is 0 Å². The fraction of sp³-hybridized carbons (Fsp3) is 1.00. The topological polar surface area (TPSA) is 35.5 Å². The van der Waals surface area contributed by atoms with Gasteiger partial charge < -0.3 is 15.3 Å². The maximum atomic E-state index is 8.66. The number of hydrogen-bond donors (Lipinski definition) is 2. The first-order valence-corrected chi connectivity index (χ1v) is 7.40. The SMILES string of the molecule is CCN1CCC(CNCCCCCCO)CC1. The van der Waals surface area contributed by atoms with E-state index in [1.807, 2.05) is 0 Å². The van der Waals surface area contributed by atoms with E-state index >= 15 is 0 Å². The van der Waals surface area contributed by atoms with Crippen molar-refractivity contribution >= 4 is 0 Å². The molecule has 102 valence electrons. The van der Waals surface area contributed by atoms with Crippen molar-refractivity contribution in [3.8, 4) is 0 Å². The lowest BCUT2D eigenvalue weighted by Gasteiger charge is -2.31. The maximum absolute atomic E-state index is 8.66. The summed E-state index contributed by atoms with van der Waals surface area (Å²) in [4.78, 5) is 2.55. The minimum absolute atomic E-state index is 0.351. The van der Waals surface area contributed by atoms with E-state index in [9.17, 15) is 0 Å². The molecule has 0 spiro atoms. The lowest BCUT2D eigenvalue weighted by molar-refractivity contribution is 0.190. The molecule has 1 aliphatic heterocycles. The molecule has 0 atom stereocenters. The molecule has 1 aliphatic rings. The Labute approximate surface area is 107 Å². The first-order chi connectivity index (χ1) is 8.36. The molecule has 3 heteroatoms. The zero-order chi connectivity index (χ0) is 12.3. The van der Waals surface area contributed by atoms with Crippen LogP contribution in [-0.2, 0) is 0 Å². The standard InChI is InChI=1S/C14H30N2O/c1-2-16-10-7-14(8-11-16)13-15-9-5-3-4-6-12-17/h14-15,17H,2-13H2,1H3. The Morgan fingerprint density at radius 1 is 1.12 bits per heavy atom. The van der Waals surface area contributed by atoms with Crippen LogP contribution < -0.4 is 5.32 Å². The normalized spacial score (nSPS) is 18.7. The third kappa shape index (κ3) is 7.02. The van der Waals surface area contributed by atoms with Gasteiger partial charge in [-0.25, -0.2) is 0 Å². The van der Waals surface area contributed by atoms with Crippen molar-refractivity contribution in [2.24, 2.45) is 5.92 Å². The van der Waals surface area contributed by atoms with Gasteiger partial charge in [-0.05, 0) is 64.3 Å². The fourth-order valence-electron chi connectivity index (χ4n) is 2.53. The molecule has 17 heavy (non-hydrogen) atoms. The van der Waals surface area contributed by atoms with E-state index in [0.717, 1.165) is 18.9 Å². The van der Waals surface area contributed by atoms with Gasteiger partial charge in [0.05, 0.1) is 0 Å². The molecule has 0 amide bonds. The summed E-state index contributed by atoms with van der Waals surface area (Å²) in [5, 5.41) is 12.2. The average Bonchev–Trinajstić information content (AvgIpc) is 2.38. The van der Waals surface area contributed by atoms with Crippen molar-refractivity contribution in [3.63, 3.8) is 0 Å². The molecule has 2 N–H and O–H groups in total. The van der Waals surface area contributed by atoms with Crippen molar-refractivity contribution in [3.05, 3.63) is 0 Å². The predicted octanol–water partition coefficient (Wildman–Crippen LogP) is 1.86. The third-order valence-corrected chi connectivity index (χ3v) is 3.85. The van der Waals surface area contributed by atoms with Crippen molar-refractivity contribution in [1.29, 1.82) is 0 Å². The van der Waals surface area contributed by atoms with Crippen LogP contribution in [0.3, 0.4) is 0 Å². The Balaban J connectivity index is 1.87. The minimum atomic E-state index is 0.351. The van der Waals surface area contributed by atoms with Crippen LogP contribution in [0.2, 0.25) is 0 Å². The molecule has 0 saturated carbocycles. The van der Waals surface area contributed by atoms with Gasteiger partial charge in [0.2, 0.25) is 0 Å². The zero-order valence-electron chi connectivity index (χ0n) is 11.5. The van der Waals surface area contributed by atoms with Gasteiger partial charge in [-0.3, -0.25) is 0 Å². The van der Waals surface area contributed by atoms with E-state index in [1.165, 1.54) is 58.3 Å². The summed E-state index contributed by atoms with van der Waals surface area (Å²) >= 11 is 0. The summed E-state index contributed by atoms with van der Waals surface area (Å²) in [6.45, 7) is 8.76. The number of aliphatic hydroxyl groups excluding tert-OH is 1. The Morgan fingerprint density at radius 3 is 2.47 bits per heavy atom. The summed E-state index contributed by atoms with van der Waals surface area (Å²) in [6.07, 6.45) is 7.38. The highest BCUT2D eigenvalue weighted by Crippen LogP contribution is 2.15. The number of unbranched alkanes of at least 4 members (excludes halogenated alkanes) is 3. The second kappa shape index (κ2) is 9.86.